The average molecular weight is 228 g/mol. The van der Waals surface area contributed by atoms with Gasteiger partial charge in [-0.15, -0.1) is 0 Å². The normalized spacial score (nSPS) is 10.0. The van der Waals surface area contributed by atoms with Crippen molar-refractivity contribution in [3.8, 4) is 11.5 Å². The third-order valence-corrected chi connectivity index (χ3v) is 2.37. The van der Waals surface area contributed by atoms with Gasteiger partial charge in [-0.2, -0.15) is 0 Å². The smallest absolute Gasteiger partial charge is 0.457 e. The van der Waals surface area contributed by atoms with Crippen LogP contribution in [0.4, 0.5) is 0 Å². The number of hydrogen-bond donors (Lipinski definition) is 1. The maximum atomic E-state index is 9.45. The summed E-state index contributed by atoms with van der Waals surface area (Å²) in [6.07, 6.45) is 0. The van der Waals surface area contributed by atoms with Crippen LogP contribution in [0, 0.1) is 0 Å². The summed E-state index contributed by atoms with van der Waals surface area (Å²) in [5.41, 5.74) is 0.702. The molecular weight excluding hydrogens is 215 g/mol. The first kappa shape index (κ1) is 11.7. The van der Waals surface area contributed by atoms with Crippen LogP contribution in [0.2, 0.25) is 0 Å². The molecule has 0 saturated heterocycles. The maximum Gasteiger partial charge on any atom is 0.490 e. The molecule has 0 radical (unpaired) electrons. The Labute approximate surface area is 101 Å². The van der Waals surface area contributed by atoms with Crippen LogP contribution in [0.25, 0.3) is 0 Å². The monoisotopic (exact) mass is 228 g/mol. The largest absolute Gasteiger partial charge is 0.490 e. The lowest BCUT2D eigenvalue weighted by atomic mass is 9.80. The highest BCUT2D eigenvalue weighted by Crippen LogP contribution is 2.19. The van der Waals surface area contributed by atoms with Crippen LogP contribution in [0.1, 0.15) is 0 Å². The molecule has 0 amide bonds. The first-order chi connectivity index (χ1) is 8.29. The van der Waals surface area contributed by atoms with Crippen LogP contribution in [-0.4, -0.2) is 19.3 Å². The molecule has 0 fully saturated rings. The first-order valence-corrected chi connectivity index (χ1v) is 5.33. The molecule has 0 aliphatic heterocycles. The van der Waals surface area contributed by atoms with Crippen molar-refractivity contribution < 1.29 is 14.4 Å². The van der Waals surface area contributed by atoms with Gasteiger partial charge in [-0.25, -0.2) is 0 Å². The molecule has 0 aliphatic rings. The number of rotatable bonds is 4. The molecule has 0 aromatic heterocycles. The van der Waals surface area contributed by atoms with Gasteiger partial charge in [-0.3, -0.25) is 0 Å². The van der Waals surface area contributed by atoms with Crippen LogP contribution in [-0.2, 0) is 4.65 Å². The summed E-state index contributed by atoms with van der Waals surface area (Å²) >= 11 is 0. The summed E-state index contributed by atoms with van der Waals surface area (Å²) in [5, 5.41) is 9.45. The highest BCUT2D eigenvalue weighted by molar-refractivity contribution is 6.59. The van der Waals surface area contributed by atoms with E-state index >= 15 is 0 Å². The molecule has 4 heteroatoms. The summed E-state index contributed by atoms with van der Waals surface area (Å²) in [6, 6.07) is 16.7. The Kier molecular flexibility index (Phi) is 3.80. The molecule has 0 unspecified atom stereocenters. The molecule has 2 aromatic rings. The van der Waals surface area contributed by atoms with Crippen molar-refractivity contribution in [3.63, 3.8) is 0 Å². The zero-order valence-electron chi connectivity index (χ0n) is 9.54. The van der Waals surface area contributed by atoms with Crippen molar-refractivity contribution in [2.75, 3.05) is 7.11 Å². The minimum absolute atomic E-state index is 0.702. The summed E-state index contributed by atoms with van der Waals surface area (Å²) < 4.78 is 10.4. The van der Waals surface area contributed by atoms with Gasteiger partial charge in [0.05, 0.1) is 0 Å². The fourth-order valence-corrected chi connectivity index (χ4v) is 1.46. The SMILES string of the molecule is COB(O)c1ccc(Oc2ccccc2)cc1. The minimum Gasteiger partial charge on any atom is -0.457 e. The Balaban J connectivity index is 2.08. The van der Waals surface area contributed by atoms with Crippen molar-refractivity contribution >= 4 is 12.6 Å². The number of para-hydroxylation sites is 1. The highest BCUT2D eigenvalue weighted by Gasteiger charge is 2.13. The molecule has 3 nitrogen and oxygen atoms in total. The molecule has 0 aliphatic carbocycles. The fourth-order valence-electron chi connectivity index (χ4n) is 1.46. The summed E-state index contributed by atoms with van der Waals surface area (Å²) in [5.74, 6) is 1.51. The zero-order chi connectivity index (χ0) is 12.1. The van der Waals surface area contributed by atoms with Crippen molar-refractivity contribution in [2.24, 2.45) is 0 Å². The van der Waals surface area contributed by atoms with Gasteiger partial charge in [0.2, 0.25) is 0 Å². The van der Waals surface area contributed by atoms with E-state index < -0.39 is 7.12 Å². The van der Waals surface area contributed by atoms with Crippen LogP contribution in [0.15, 0.2) is 54.6 Å². The van der Waals surface area contributed by atoms with Crippen LogP contribution in [0.5, 0.6) is 11.5 Å². The van der Waals surface area contributed by atoms with Gasteiger partial charge >= 0.3 is 7.12 Å². The molecule has 0 atom stereocenters. The van der Waals surface area contributed by atoms with E-state index in [4.69, 9.17) is 9.39 Å². The number of hydrogen-bond acceptors (Lipinski definition) is 3. The molecule has 0 spiro atoms. The van der Waals surface area contributed by atoms with E-state index in [1.807, 2.05) is 30.3 Å². The summed E-state index contributed by atoms with van der Waals surface area (Å²) in [6.45, 7) is 0. The Morgan fingerprint density at radius 1 is 0.882 bits per heavy atom. The maximum absolute atomic E-state index is 9.45. The van der Waals surface area contributed by atoms with E-state index in [-0.39, 0.29) is 0 Å². The molecule has 0 heterocycles. The first-order valence-electron chi connectivity index (χ1n) is 5.33. The lowest BCUT2D eigenvalue weighted by Gasteiger charge is -2.07. The van der Waals surface area contributed by atoms with E-state index in [1.165, 1.54) is 7.11 Å². The molecule has 0 bridgehead atoms. The van der Waals surface area contributed by atoms with Gasteiger partial charge in [-0.1, -0.05) is 30.3 Å². The van der Waals surface area contributed by atoms with Gasteiger partial charge < -0.3 is 14.4 Å². The molecule has 1 N–H and O–H groups in total. The van der Waals surface area contributed by atoms with Crippen LogP contribution < -0.4 is 10.2 Å². The predicted octanol–water partition coefficient (Wildman–Crippen LogP) is 1.81. The second-order valence-corrected chi connectivity index (χ2v) is 3.57. The Bertz CT molecular complexity index is 456. The van der Waals surface area contributed by atoms with Gasteiger partial charge in [0.25, 0.3) is 0 Å². The lowest BCUT2D eigenvalue weighted by molar-refractivity contribution is 0.341. The Morgan fingerprint density at radius 2 is 1.47 bits per heavy atom. The third-order valence-electron chi connectivity index (χ3n) is 2.37. The lowest BCUT2D eigenvalue weighted by Crippen LogP contribution is -2.31. The van der Waals surface area contributed by atoms with E-state index in [9.17, 15) is 5.02 Å². The quantitative estimate of drug-likeness (QED) is 0.811. The van der Waals surface area contributed by atoms with Gasteiger partial charge in [0, 0.05) is 7.11 Å². The average Bonchev–Trinajstić information content (AvgIpc) is 2.40. The van der Waals surface area contributed by atoms with Crippen molar-refractivity contribution in [1.82, 2.24) is 0 Å². The molecule has 0 saturated carbocycles. The summed E-state index contributed by atoms with van der Waals surface area (Å²) in [7, 11) is 0.569. The second kappa shape index (κ2) is 5.52. The molecule has 86 valence electrons. The van der Waals surface area contributed by atoms with Gasteiger partial charge in [0.1, 0.15) is 11.5 Å². The highest BCUT2D eigenvalue weighted by atomic mass is 16.5. The van der Waals surface area contributed by atoms with E-state index in [0.29, 0.717) is 5.46 Å². The van der Waals surface area contributed by atoms with Crippen LogP contribution in [0.3, 0.4) is 0 Å². The number of benzene rings is 2. The third kappa shape index (κ3) is 3.09. The molecule has 17 heavy (non-hydrogen) atoms. The molecular formula is C13H13BO3. The van der Waals surface area contributed by atoms with E-state index in [2.05, 4.69) is 0 Å². The molecule has 2 rings (SSSR count). The number of ether oxygens (including phenoxy) is 1. The zero-order valence-corrected chi connectivity index (χ0v) is 9.54. The van der Waals surface area contributed by atoms with Crippen molar-refractivity contribution in [2.45, 2.75) is 0 Å². The van der Waals surface area contributed by atoms with Gasteiger partial charge in [-0.05, 0) is 29.7 Å². The Hall–Kier alpha value is -1.78. The van der Waals surface area contributed by atoms with E-state index in [1.54, 1.807) is 24.3 Å². The second-order valence-electron chi connectivity index (χ2n) is 3.57. The topological polar surface area (TPSA) is 38.7 Å². The standard InChI is InChI=1S/C13H13BO3/c1-16-14(15)11-7-9-13(10-8-11)17-12-5-3-2-4-6-12/h2-10,15H,1H3. The molecule has 2 aromatic carbocycles. The van der Waals surface area contributed by atoms with Crippen molar-refractivity contribution in [1.29, 1.82) is 0 Å². The predicted molar refractivity (Wildman–Crippen MR) is 67.6 cm³/mol. The van der Waals surface area contributed by atoms with Crippen molar-refractivity contribution in [3.05, 3.63) is 54.6 Å². The van der Waals surface area contributed by atoms with Crippen LogP contribution >= 0.6 is 0 Å². The Morgan fingerprint density at radius 3 is 2.06 bits per heavy atom. The summed E-state index contributed by atoms with van der Waals surface area (Å²) in [4.78, 5) is 0. The minimum atomic E-state index is -0.888. The fraction of sp³-hybridized carbons (Fsp3) is 0.0769. The van der Waals surface area contributed by atoms with Gasteiger partial charge in [0.15, 0.2) is 0 Å². The van der Waals surface area contributed by atoms with E-state index in [0.717, 1.165) is 11.5 Å².